The SMILES string of the molecule is COc1c(F)cc2c(=O)c(C(=O)NCCc3c[nH]c4ccccc34)cn(CCF)c2c1F. The van der Waals surface area contributed by atoms with Crippen LogP contribution in [0.5, 0.6) is 5.75 Å². The molecule has 0 bridgehead atoms. The number of hydrogen-bond acceptors (Lipinski definition) is 3. The number of alkyl halides is 1. The molecule has 6 nitrogen and oxygen atoms in total. The maximum Gasteiger partial charge on any atom is 0.256 e. The summed E-state index contributed by atoms with van der Waals surface area (Å²) in [5.74, 6) is -3.60. The number of methoxy groups -OCH3 is 1. The minimum atomic E-state index is -1.13. The number of fused-ring (bicyclic) bond motifs is 2. The Balaban J connectivity index is 1.65. The lowest BCUT2D eigenvalue weighted by Crippen LogP contribution is -2.31. The fourth-order valence-corrected chi connectivity index (χ4v) is 3.83. The van der Waals surface area contributed by atoms with Crippen LogP contribution in [-0.4, -0.2) is 35.8 Å². The van der Waals surface area contributed by atoms with Crippen LogP contribution in [0.2, 0.25) is 0 Å². The predicted molar refractivity (Wildman–Crippen MR) is 115 cm³/mol. The van der Waals surface area contributed by atoms with E-state index in [1.165, 1.54) is 0 Å². The van der Waals surface area contributed by atoms with Crippen molar-refractivity contribution >= 4 is 27.7 Å². The molecule has 2 heterocycles. The number of aromatic amines is 1. The van der Waals surface area contributed by atoms with Crippen molar-refractivity contribution in [2.45, 2.75) is 13.0 Å². The summed E-state index contributed by atoms with van der Waals surface area (Å²) in [6.07, 6.45) is 3.44. The van der Waals surface area contributed by atoms with Crippen LogP contribution in [-0.2, 0) is 13.0 Å². The molecular formula is C23H20F3N3O3. The first-order valence-electron chi connectivity index (χ1n) is 9.94. The number of benzene rings is 2. The Morgan fingerprint density at radius 2 is 2.00 bits per heavy atom. The van der Waals surface area contributed by atoms with Gasteiger partial charge in [-0.1, -0.05) is 18.2 Å². The van der Waals surface area contributed by atoms with Crippen molar-refractivity contribution in [3.8, 4) is 5.75 Å². The molecule has 0 spiro atoms. The number of rotatable bonds is 7. The Morgan fingerprint density at radius 1 is 1.22 bits per heavy atom. The van der Waals surface area contributed by atoms with Gasteiger partial charge in [0.05, 0.1) is 24.6 Å². The minimum absolute atomic E-state index is 0.229. The van der Waals surface area contributed by atoms with Crippen molar-refractivity contribution in [3.05, 3.63) is 75.7 Å². The Labute approximate surface area is 180 Å². The second kappa shape index (κ2) is 8.78. The smallest absolute Gasteiger partial charge is 0.256 e. The average Bonchev–Trinajstić information content (AvgIpc) is 3.19. The molecule has 0 aliphatic heterocycles. The largest absolute Gasteiger partial charge is 0.491 e. The number of carbonyl (C=O) groups excluding carboxylic acids is 1. The molecule has 0 aliphatic rings. The van der Waals surface area contributed by atoms with E-state index in [1.807, 2.05) is 30.5 Å². The van der Waals surface area contributed by atoms with E-state index in [-0.39, 0.29) is 29.6 Å². The lowest BCUT2D eigenvalue weighted by atomic mass is 10.1. The fourth-order valence-electron chi connectivity index (χ4n) is 3.83. The summed E-state index contributed by atoms with van der Waals surface area (Å²) in [6, 6.07) is 8.52. The van der Waals surface area contributed by atoms with Crippen LogP contribution in [0.3, 0.4) is 0 Å². The first-order valence-corrected chi connectivity index (χ1v) is 9.94. The molecule has 0 saturated carbocycles. The van der Waals surface area contributed by atoms with Crippen LogP contribution in [0.1, 0.15) is 15.9 Å². The number of aryl methyl sites for hydroxylation is 1. The topological polar surface area (TPSA) is 76.1 Å². The zero-order valence-corrected chi connectivity index (χ0v) is 17.2. The molecule has 0 atom stereocenters. The van der Waals surface area contributed by atoms with Crippen LogP contribution in [0.4, 0.5) is 13.2 Å². The standard InChI is InChI=1S/C23H20F3N3O3/c1-32-22-17(25)10-15-20(19(22)26)29(9-7-24)12-16(21(15)30)23(31)27-8-6-13-11-28-18-5-3-2-4-14(13)18/h2-5,10-12,28H,6-9H2,1H3,(H,27,31). The van der Waals surface area contributed by atoms with Crippen molar-refractivity contribution < 1.29 is 22.7 Å². The van der Waals surface area contributed by atoms with Crippen LogP contribution < -0.4 is 15.5 Å². The number of aromatic nitrogens is 2. The zero-order chi connectivity index (χ0) is 22.8. The Morgan fingerprint density at radius 3 is 2.75 bits per heavy atom. The van der Waals surface area contributed by atoms with Crippen LogP contribution in [0.25, 0.3) is 21.8 Å². The van der Waals surface area contributed by atoms with E-state index in [2.05, 4.69) is 10.3 Å². The molecule has 2 N–H and O–H groups in total. The molecule has 32 heavy (non-hydrogen) atoms. The number of amides is 1. The highest BCUT2D eigenvalue weighted by atomic mass is 19.1. The number of pyridine rings is 1. The zero-order valence-electron chi connectivity index (χ0n) is 17.2. The third kappa shape index (κ3) is 3.70. The lowest BCUT2D eigenvalue weighted by molar-refractivity contribution is 0.0952. The van der Waals surface area contributed by atoms with Gasteiger partial charge in [-0.05, 0) is 24.1 Å². The van der Waals surface area contributed by atoms with Gasteiger partial charge in [-0.2, -0.15) is 0 Å². The maximum absolute atomic E-state index is 14.8. The number of hydrogen-bond donors (Lipinski definition) is 2. The number of nitrogens with one attached hydrogen (secondary N) is 2. The molecule has 4 aromatic rings. The lowest BCUT2D eigenvalue weighted by Gasteiger charge is -2.15. The summed E-state index contributed by atoms with van der Waals surface area (Å²) in [6.45, 7) is -0.969. The minimum Gasteiger partial charge on any atom is -0.491 e. The molecule has 0 unspecified atom stereocenters. The van der Waals surface area contributed by atoms with Crippen molar-refractivity contribution in [2.24, 2.45) is 0 Å². The molecule has 166 valence electrons. The molecule has 4 rings (SSSR count). The number of carbonyl (C=O) groups is 1. The molecule has 0 saturated heterocycles. The van der Waals surface area contributed by atoms with Gasteiger partial charge in [-0.15, -0.1) is 0 Å². The molecule has 1 amide bonds. The van der Waals surface area contributed by atoms with Gasteiger partial charge in [0.1, 0.15) is 12.2 Å². The predicted octanol–water partition coefficient (Wildman–Crippen LogP) is 3.71. The highest BCUT2D eigenvalue weighted by molar-refractivity contribution is 5.97. The number of para-hydroxylation sites is 1. The van der Waals surface area contributed by atoms with E-state index in [0.717, 1.165) is 40.4 Å². The first kappa shape index (κ1) is 21.5. The fraction of sp³-hybridized carbons (Fsp3) is 0.217. The van der Waals surface area contributed by atoms with E-state index in [0.29, 0.717) is 6.42 Å². The van der Waals surface area contributed by atoms with E-state index in [4.69, 9.17) is 4.74 Å². The van der Waals surface area contributed by atoms with E-state index < -0.39 is 35.4 Å². The molecular weight excluding hydrogens is 423 g/mol. The normalized spacial score (nSPS) is 11.2. The third-order valence-corrected chi connectivity index (χ3v) is 5.34. The van der Waals surface area contributed by atoms with Gasteiger partial charge in [0.25, 0.3) is 5.91 Å². The van der Waals surface area contributed by atoms with Gasteiger partial charge in [-0.25, -0.2) is 13.2 Å². The van der Waals surface area contributed by atoms with Crippen molar-refractivity contribution in [2.75, 3.05) is 20.3 Å². The number of ether oxygens (including phenoxy) is 1. The van der Waals surface area contributed by atoms with Crippen molar-refractivity contribution in [1.29, 1.82) is 0 Å². The summed E-state index contributed by atoms with van der Waals surface area (Å²) in [5, 5.41) is 3.32. The van der Waals surface area contributed by atoms with Crippen LogP contribution >= 0.6 is 0 Å². The monoisotopic (exact) mass is 443 g/mol. The average molecular weight is 443 g/mol. The quantitative estimate of drug-likeness (QED) is 0.457. The van der Waals surface area contributed by atoms with Crippen LogP contribution in [0.15, 0.2) is 47.5 Å². The first-order chi connectivity index (χ1) is 15.5. The summed E-state index contributed by atoms with van der Waals surface area (Å²) in [7, 11) is 1.08. The maximum atomic E-state index is 14.8. The van der Waals surface area contributed by atoms with Gasteiger partial charge in [0.2, 0.25) is 5.43 Å². The van der Waals surface area contributed by atoms with E-state index in [1.54, 1.807) is 0 Å². The van der Waals surface area contributed by atoms with E-state index >= 15 is 0 Å². The second-order valence-electron chi connectivity index (χ2n) is 7.22. The summed E-state index contributed by atoms with van der Waals surface area (Å²) < 4.78 is 47.9. The summed E-state index contributed by atoms with van der Waals surface area (Å²) >= 11 is 0. The van der Waals surface area contributed by atoms with Crippen molar-refractivity contribution in [1.82, 2.24) is 14.9 Å². The summed E-state index contributed by atoms with van der Waals surface area (Å²) in [4.78, 5) is 28.7. The van der Waals surface area contributed by atoms with Gasteiger partial charge in [0, 0.05) is 29.8 Å². The number of nitrogens with zero attached hydrogens (tertiary/aromatic N) is 1. The summed E-state index contributed by atoms with van der Waals surface area (Å²) in [5.41, 5.74) is 0.470. The number of halogens is 3. The molecule has 9 heteroatoms. The van der Waals surface area contributed by atoms with Gasteiger partial charge in [0.15, 0.2) is 17.4 Å². The Kier molecular flexibility index (Phi) is 5.89. The van der Waals surface area contributed by atoms with Gasteiger partial charge < -0.3 is 19.6 Å². The third-order valence-electron chi connectivity index (χ3n) is 5.34. The highest BCUT2D eigenvalue weighted by Crippen LogP contribution is 2.28. The number of H-pyrrole nitrogens is 1. The molecule has 2 aromatic carbocycles. The molecule has 0 radical (unpaired) electrons. The highest BCUT2D eigenvalue weighted by Gasteiger charge is 2.22. The van der Waals surface area contributed by atoms with Crippen molar-refractivity contribution in [3.63, 3.8) is 0 Å². The molecule has 0 aliphatic carbocycles. The molecule has 0 fully saturated rings. The van der Waals surface area contributed by atoms with E-state index in [9.17, 15) is 22.8 Å². The Bertz CT molecular complexity index is 1380. The van der Waals surface area contributed by atoms with Gasteiger partial charge in [-0.3, -0.25) is 9.59 Å². The molecule has 2 aromatic heterocycles. The van der Waals surface area contributed by atoms with Gasteiger partial charge >= 0.3 is 0 Å². The Hall–Kier alpha value is -3.75. The second-order valence-corrected chi connectivity index (χ2v) is 7.22. The van der Waals surface area contributed by atoms with Crippen LogP contribution in [0, 0.1) is 11.6 Å².